The highest BCUT2D eigenvalue weighted by molar-refractivity contribution is 6.58. The molecule has 2 N–H and O–H groups in total. The molecule has 4 nitrogen and oxygen atoms in total. The van der Waals surface area contributed by atoms with Crippen molar-refractivity contribution in [3.8, 4) is 0 Å². The lowest BCUT2D eigenvalue weighted by Gasteiger charge is -1.99. The van der Waals surface area contributed by atoms with Crippen LogP contribution >= 0.6 is 0 Å². The van der Waals surface area contributed by atoms with Gasteiger partial charge in [-0.3, -0.25) is 0 Å². The third kappa shape index (κ3) is 3.57. The SMILES string of the molecule is COC(=O)/C=C/c1ccc(B(O)O)cc1.[HH].[HH]. The molecule has 0 atom stereocenters. The van der Waals surface area contributed by atoms with E-state index in [9.17, 15) is 4.79 Å². The Kier molecular flexibility index (Phi) is 4.09. The number of carbonyl (C=O) groups is 1. The third-order valence-electron chi connectivity index (χ3n) is 1.85. The van der Waals surface area contributed by atoms with E-state index < -0.39 is 13.1 Å². The molecular weight excluding hydrogens is 195 g/mol. The zero-order valence-corrected chi connectivity index (χ0v) is 8.25. The zero-order chi connectivity index (χ0) is 11.3. The molecule has 0 unspecified atom stereocenters. The molecule has 0 aliphatic rings. The molecule has 0 bridgehead atoms. The first-order valence-electron chi connectivity index (χ1n) is 4.35. The lowest BCUT2D eigenvalue weighted by molar-refractivity contribution is -0.134. The number of benzene rings is 1. The number of esters is 1. The van der Waals surface area contributed by atoms with Crippen LogP contribution in [-0.2, 0) is 9.53 Å². The Morgan fingerprint density at radius 2 is 2.00 bits per heavy atom. The number of rotatable bonds is 3. The number of hydrogen-bond acceptors (Lipinski definition) is 4. The van der Waals surface area contributed by atoms with Crippen molar-refractivity contribution in [1.29, 1.82) is 0 Å². The van der Waals surface area contributed by atoms with E-state index in [0.717, 1.165) is 5.56 Å². The fraction of sp³-hybridized carbons (Fsp3) is 0.100. The minimum absolute atomic E-state index is 0. The first-order valence-corrected chi connectivity index (χ1v) is 4.35. The lowest BCUT2D eigenvalue weighted by Crippen LogP contribution is -2.29. The summed E-state index contributed by atoms with van der Waals surface area (Å²) in [7, 11) is -0.165. The van der Waals surface area contributed by atoms with Crippen molar-refractivity contribution >= 4 is 24.6 Å². The van der Waals surface area contributed by atoms with E-state index in [1.165, 1.54) is 13.2 Å². The van der Waals surface area contributed by atoms with Gasteiger partial charge in [0.15, 0.2) is 0 Å². The Hall–Kier alpha value is -1.59. The Morgan fingerprint density at radius 1 is 1.40 bits per heavy atom. The van der Waals surface area contributed by atoms with Gasteiger partial charge in [0.2, 0.25) is 0 Å². The first kappa shape index (κ1) is 11.5. The van der Waals surface area contributed by atoms with Gasteiger partial charge in [0, 0.05) is 8.93 Å². The largest absolute Gasteiger partial charge is 0.488 e. The van der Waals surface area contributed by atoms with E-state index >= 15 is 0 Å². The molecule has 0 heterocycles. The van der Waals surface area contributed by atoms with Gasteiger partial charge < -0.3 is 14.8 Å². The Labute approximate surface area is 90.9 Å². The zero-order valence-electron chi connectivity index (χ0n) is 8.25. The topological polar surface area (TPSA) is 66.8 Å². The van der Waals surface area contributed by atoms with E-state index in [4.69, 9.17) is 10.0 Å². The smallest absolute Gasteiger partial charge is 0.466 e. The van der Waals surface area contributed by atoms with Crippen molar-refractivity contribution in [2.24, 2.45) is 0 Å². The molecule has 1 rings (SSSR count). The van der Waals surface area contributed by atoms with Crippen LogP contribution in [0.3, 0.4) is 0 Å². The molecule has 0 spiro atoms. The van der Waals surface area contributed by atoms with Crippen LogP contribution in [0.25, 0.3) is 6.08 Å². The summed E-state index contributed by atoms with van der Waals surface area (Å²) in [6.07, 6.45) is 2.88. The molecule has 0 amide bonds. The Morgan fingerprint density at radius 3 is 2.47 bits per heavy atom. The van der Waals surface area contributed by atoms with Gasteiger partial charge >= 0.3 is 13.1 Å². The summed E-state index contributed by atoms with van der Waals surface area (Å²) >= 11 is 0. The molecule has 0 aromatic heterocycles. The second-order valence-electron chi connectivity index (χ2n) is 2.90. The van der Waals surface area contributed by atoms with Crippen LogP contribution in [0, 0.1) is 0 Å². The van der Waals surface area contributed by atoms with Crippen molar-refractivity contribution in [3.63, 3.8) is 0 Å². The van der Waals surface area contributed by atoms with Crippen molar-refractivity contribution in [2.45, 2.75) is 0 Å². The summed E-state index contributed by atoms with van der Waals surface area (Å²) in [6.45, 7) is 0. The van der Waals surface area contributed by atoms with Gasteiger partial charge in [0.1, 0.15) is 0 Å². The molecule has 0 aliphatic heterocycles. The number of carbonyl (C=O) groups excluding carboxylic acids is 1. The summed E-state index contributed by atoms with van der Waals surface area (Å²) in [6, 6.07) is 6.49. The normalized spacial score (nSPS) is 10.3. The predicted octanol–water partition coefficient (Wildman–Crippen LogP) is 0.0446. The first-order chi connectivity index (χ1) is 7.13. The molecule has 1 aromatic rings. The minimum atomic E-state index is -1.47. The second-order valence-corrected chi connectivity index (χ2v) is 2.90. The van der Waals surface area contributed by atoms with Crippen LogP contribution in [0.1, 0.15) is 8.42 Å². The summed E-state index contributed by atoms with van der Waals surface area (Å²) in [5, 5.41) is 17.7. The molecule has 0 radical (unpaired) electrons. The molecule has 0 saturated carbocycles. The molecule has 15 heavy (non-hydrogen) atoms. The maximum atomic E-state index is 10.8. The monoisotopic (exact) mass is 210 g/mol. The Balaban J connectivity index is 0. The third-order valence-corrected chi connectivity index (χ3v) is 1.85. The molecule has 1 aromatic carbocycles. The summed E-state index contributed by atoms with van der Waals surface area (Å²) in [5.41, 5.74) is 1.19. The number of ether oxygens (including phenoxy) is 1. The summed E-state index contributed by atoms with van der Waals surface area (Å²) < 4.78 is 4.43. The fourth-order valence-electron chi connectivity index (χ4n) is 1.01. The highest BCUT2D eigenvalue weighted by Gasteiger charge is 2.08. The van der Waals surface area contributed by atoms with Gasteiger partial charge in [-0.1, -0.05) is 24.3 Å². The van der Waals surface area contributed by atoms with Crippen LogP contribution in [-0.4, -0.2) is 30.2 Å². The van der Waals surface area contributed by atoms with Crippen molar-refractivity contribution in [2.75, 3.05) is 7.11 Å². The Bertz CT molecular complexity index is 365. The quantitative estimate of drug-likeness (QED) is 0.420. The fourth-order valence-corrected chi connectivity index (χ4v) is 1.01. The van der Waals surface area contributed by atoms with E-state index in [2.05, 4.69) is 4.74 Å². The van der Waals surface area contributed by atoms with E-state index in [1.807, 2.05) is 0 Å². The van der Waals surface area contributed by atoms with Crippen LogP contribution in [0.2, 0.25) is 0 Å². The standard InChI is InChI=1S/C10H11BO4.2H2/c1-15-10(12)7-4-8-2-5-9(6-3-8)11(13)14;;/h2-7,13-14H,1H3;2*1H/b7-4+;;. The molecular formula is C10H15BO4. The van der Waals surface area contributed by atoms with Gasteiger partial charge in [-0.25, -0.2) is 4.79 Å². The van der Waals surface area contributed by atoms with E-state index in [0.29, 0.717) is 5.46 Å². The maximum absolute atomic E-state index is 10.8. The van der Waals surface area contributed by atoms with Crippen molar-refractivity contribution in [1.82, 2.24) is 0 Å². The minimum Gasteiger partial charge on any atom is -0.466 e. The van der Waals surface area contributed by atoms with Gasteiger partial charge in [-0.15, -0.1) is 0 Å². The molecule has 0 saturated heterocycles. The highest BCUT2D eigenvalue weighted by Crippen LogP contribution is 2.00. The number of hydrogen-bond donors (Lipinski definition) is 2. The van der Waals surface area contributed by atoms with Crippen molar-refractivity contribution in [3.05, 3.63) is 35.9 Å². The van der Waals surface area contributed by atoms with Gasteiger partial charge in [-0.05, 0) is 17.1 Å². The van der Waals surface area contributed by atoms with Crippen LogP contribution in [0.4, 0.5) is 0 Å². The predicted molar refractivity (Wildman–Crippen MR) is 61.5 cm³/mol. The molecule has 82 valence electrons. The average molecular weight is 210 g/mol. The van der Waals surface area contributed by atoms with E-state index in [1.54, 1.807) is 30.3 Å². The molecule has 5 heteroatoms. The summed E-state index contributed by atoms with van der Waals surface area (Å²) in [5.74, 6) is -0.429. The molecule has 0 aliphatic carbocycles. The van der Waals surface area contributed by atoms with E-state index in [-0.39, 0.29) is 2.85 Å². The van der Waals surface area contributed by atoms with Crippen LogP contribution in [0.15, 0.2) is 30.3 Å². The lowest BCUT2D eigenvalue weighted by atomic mass is 9.80. The van der Waals surface area contributed by atoms with Gasteiger partial charge in [0.25, 0.3) is 0 Å². The van der Waals surface area contributed by atoms with Crippen molar-refractivity contribution < 1.29 is 22.4 Å². The van der Waals surface area contributed by atoms with Gasteiger partial charge in [-0.2, -0.15) is 0 Å². The molecule has 0 fully saturated rings. The highest BCUT2D eigenvalue weighted by atomic mass is 16.5. The average Bonchev–Trinajstić information content (AvgIpc) is 2.26. The second kappa shape index (κ2) is 5.33. The van der Waals surface area contributed by atoms with Crippen LogP contribution < -0.4 is 5.46 Å². The number of methoxy groups -OCH3 is 1. The van der Waals surface area contributed by atoms with Gasteiger partial charge in [0.05, 0.1) is 7.11 Å². The van der Waals surface area contributed by atoms with Crippen LogP contribution in [0.5, 0.6) is 0 Å². The summed E-state index contributed by atoms with van der Waals surface area (Å²) in [4.78, 5) is 10.8. The maximum Gasteiger partial charge on any atom is 0.488 e.